The van der Waals surface area contributed by atoms with Gasteiger partial charge >= 0.3 is 26.2 Å². The van der Waals surface area contributed by atoms with Crippen LogP contribution >= 0.6 is 47.0 Å². The topological polar surface area (TPSA) is 0 Å². The van der Waals surface area contributed by atoms with E-state index in [1.165, 1.54) is 86.4 Å². The molecular formula is C40H44Cl2S4Zr. The molecule has 2 aromatic rings. The van der Waals surface area contributed by atoms with Gasteiger partial charge in [-0.1, -0.05) is 64.1 Å². The maximum atomic E-state index is 2.37. The normalized spacial score (nSPS) is 15.6. The maximum absolute atomic E-state index is 2.37. The van der Waals surface area contributed by atoms with Gasteiger partial charge in [0.15, 0.2) is 0 Å². The largest absolute Gasteiger partial charge is 2.00 e. The van der Waals surface area contributed by atoms with E-state index < -0.39 is 0 Å². The molecule has 6 rings (SSSR count). The molecule has 0 fully saturated rings. The van der Waals surface area contributed by atoms with Crippen molar-refractivity contribution < 1.29 is 51.0 Å². The van der Waals surface area contributed by atoms with Crippen LogP contribution in [0.15, 0.2) is 115 Å². The molecule has 0 unspecified atom stereocenters. The second-order valence-electron chi connectivity index (χ2n) is 11.2. The minimum absolute atomic E-state index is 0. The summed E-state index contributed by atoms with van der Waals surface area (Å²) in [5, 5.41) is 0. The molecule has 0 aliphatic heterocycles. The van der Waals surface area contributed by atoms with Gasteiger partial charge in [0.05, 0.1) is 0 Å². The molecule has 0 radical (unpaired) electrons. The summed E-state index contributed by atoms with van der Waals surface area (Å²) in [6.07, 6.45) is 27.1. The summed E-state index contributed by atoms with van der Waals surface area (Å²) >= 11 is 7.35. The Balaban J connectivity index is 0.000000307. The first-order valence-electron chi connectivity index (χ1n) is 15.6. The average molecular weight is 815 g/mol. The fraction of sp³-hybridized carbons (Fsp3) is 0.300. The number of thioether (sulfide) groups is 4. The first-order chi connectivity index (χ1) is 21.4. The average Bonchev–Trinajstić information content (AvgIpc) is 3.84. The second-order valence-corrected chi connectivity index (χ2v) is 14.6. The Morgan fingerprint density at radius 1 is 0.404 bits per heavy atom. The van der Waals surface area contributed by atoms with Crippen LogP contribution in [0.2, 0.25) is 0 Å². The number of benzene rings is 2. The van der Waals surface area contributed by atoms with E-state index in [-0.39, 0.29) is 51.0 Å². The van der Waals surface area contributed by atoms with Gasteiger partial charge in [-0.2, -0.15) is 0 Å². The number of aryl methyl sites for hydroxylation is 4. The Bertz CT molecular complexity index is 1560. The molecular weight excluding hydrogens is 771 g/mol. The predicted molar refractivity (Wildman–Crippen MR) is 207 cm³/mol. The van der Waals surface area contributed by atoms with E-state index in [0.29, 0.717) is 0 Å². The monoisotopic (exact) mass is 812 g/mol. The SMILES string of the molecule is CCc1cc(CC)cc(C2=C3C=C(SC)C=C3C(SC)=C2)c1.CCc1cc(CC)cc(C2=C3C=C(SC)C=C3C(SC)=C2)c1.[Cl-].[Cl-].[Zr+2]. The molecule has 0 aromatic heterocycles. The summed E-state index contributed by atoms with van der Waals surface area (Å²) in [6.45, 7) is 8.95. The fourth-order valence-electron chi connectivity index (χ4n) is 6.09. The maximum Gasteiger partial charge on any atom is 2.00 e. The van der Waals surface area contributed by atoms with Crippen molar-refractivity contribution in [1.29, 1.82) is 0 Å². The standard InChI is InChI=1S/2C20H22S2.2ClH.Zr/c2*1-5-13-7-14(6-2)9-15(8-13)17-12-20(22-4)19-11-16(21-3)10-18(17)19;;;/h2*7-12H,5-6H2,1-4H3;2*1H;/q;;;;+2/p-2. The van der Waals surface area contributed by atoms with E-state index in [1.807, 2.05) is 47.0 Å². The summed E-state index contributed by atoms with van der Waals surface area (Å²) in [6, 6.07) is 14.1. The van der Waals surface area contributed by atoms with Crippen molar-refractivity contribution in [2.24, 2.45) is 0 Å². The molecule has 0 saturated heterocycles. The second kappa shape index (κ2) is 19.6. The smallest absolute Gasteiger partial charge is 1.00 e. The van der Waals surface area contributed by atoms with Gasteiger partial charge in [0, 0.05) is 19.6 Å². The summed E-state index contributed by atoms with van der Waals surface area (Å²) in [7, 11) is 0. The van der Waals surface area contributed by atoms with Crippen molar-refractivity contribution >= 4 is 58.2 Å². The third kappa shape index (κ3) is 9.32. The van der Waals surface area contributed by atoms with Crippen LogP contribution in [0.1, 0.15) is 61.1 Å². The molecule has 2 aromatic carbocycles. The molecule has 246 valence electrons. The molecule has 0 bridgehead atoms. The van der Waals surface area contributed by atoms with Gasteiger partial charge in [-0.15, -0.1) is 47.0 Å². The van der Waals surface area contributed by atoms with Crippen LogP contribution in [0.4, 0.5) is 0 Å². The van der Waals surface area contributed by atoms with E-state index in [0.717, 1.165) is 25.7 Å². The summed E-state index contributed by atoms with van der Waals surface area (Å²) < 4.78 is 0. The van der Waals surface area contributed by atoms with Crippen molar-refractivity contribution in [2.75, 3.05) is 25.0 Å². The third-order valence-electron chi connectivity index (χ3n) is 8.66. The first kappa shape index (κ1) is 42.4. The zero-order valence-corrected chi connectivity index (χ0v) is 35.9. The molecule has 0 nitrogen and oxygen atoms in total. The molecule has 0 atom stereocenters. The van der Waals surface area contributed by atoms with Crippen molar-refractivity contribution in [2.45, 2.75) is 53.4 Å². The van der Waals surface area contributed by atoms with Crippen LogP contribution in [0, 0.1) is 0 Å². The molecule has 0 spiro atoms. The van der Waals surface area contributed by atoms with Crippen molar-refractivity contribution in [3.63, 3.8) is 0 Å². The Hall–Kier alpha value is -0.777. The Morgan fingerprint density at radius 3 is 0.979 bits per heavy atom. The minimum atomic E-state index is 0. The number of hydrogen-bond donors (Lipinski definition) is 0. The molecule has 0 N–H and O–H groups in total. The van der Waals surface area contributed by atoms with E-state index in [4.69, 9.17) is 0 Å². The number of rotatable bonds is 10. The van der Waals surface area contributed by atoms with Crippen molar-refractivity contribution in [3.8, 4) is 0 Å². The summed E-state index contributed by atoms with van der Waals surface area (Å²) in [5.74, 6) is 0. The van der Waals surface area contributed by atoms with Gasteiger partial charge in [-0.05, 0) is 154 Å². The van der Waals surface area contributed by atoms with E-state index in [1.54, 1.807) is 0 Å². The van der Waals surface area contributed by atoms with Crippen LogP contribution in [-0.4, -0.2) is 25.0 Å². The van der Waals surface area contributed by atoms with Crippen molar-refractivity contribution in [1.82, 2.24) is 0 Å². The van der Waals surface area contributed by atoms with Gasteiger partial charge in [0.2, 0.25) is 0 Å². The molecule has 0 heterocycles. The first-order valence-corrected chi connectivity index (χ1v) is 20.5. The molecule has 7 heteroatoms. The summed E-state index contributed by atoms with van der Waals surface area (Å²) in [4.78, 5) is 5.52. The fourth-order valence-corrected chi connectivity index (χ4v) is 8.29. The van der Waals surface area contributed by atoms with Crippen LogP contribution in [0.3, 0.4) is 0 Å². The van der Waals surface area contributed by atoms with Crippen molar-refractivity contribution in [3.05, 3.63) is 148 Å². The van der Waals surface area contributed by atoms with E-state index >= 15 is 0 Å². The van der Waals surface area contributed by atoms with Gasteiger partial charge in [0.25, 0.3) is 0 Å². The Morgan fingerprint density at radius 2 is 0.723 bits per heavy atom. The molecule has 0 amide bonds. The zero-order chi connectivity index (χ0) is 31.4. The Kier molecular flexibility index (Phi) is 17.7. The van der Waals surface area contributed by atoms with Gasteiger partial charge in [-0.3, -0.25) is 0 Å². The Labute approximate surface area is 332 Å². The number of fused-ring (bicyclic) bond motifs is 2. The van der Waals surface area contributed by atoms with Gasteiger partial charge in [0.1, 0.15) is 0 Å². The van der Waals surface area contributed by atoms with E-state index in [2.05, 4.69) is 126 Å². The predicted octanol–water partition coefficient (Wildman–Crippen LogP) is 6.03. The molecule has 4 aliphatic rings. The van der Waals surface area contributed by atoms with E-state index in [9.17, 15) is 0 Å². The number of allylic oxidation sites excluding steroid dienone is 12. The minimum Gasteiger partial charge on any atom is -1.00 e. The van der Waals surface area contributed by atoms with Crippen LogP contribution in [0.5, 0.6) is 0 Å². The number of hydrogen-bond acceptors (Lipinski definition) is 4. The molecule has 4 aliphatic carbocycles. The van der Waals surface area contributed by atoms with Crippen LogP contribution in [-0.2, 0) is 51.9 Å². The quantitative estimate of drug-likeness (QED) is 0.288. The third-order valence-corrected chi connectivity index (χ3v) is 11.6. The van der Waals surface area contributed by atoms with Gasteiger partial charge in [-0.25, -0.2) is 0 Å². The number of halogens is 2. The van der Waals surface area contributed by atoms with Crippen LogP contribution < -0.4 is 24.8 Å². The zero-order valence-electron chi connectivity index (χ0n) is 28.6. The van der Waals surface area contributed by atoms with Crippen LogP contribution in [0.25, 0.3) is 11.1 Å². The summed E-state index contributed by atoms with van der Waals surface area (Å²) in [5.41, 5.74) is 16.9. The molecule has 47 heavy (non-hydrogen) atoms. The van der Waals surface area contributed by atoms with Gasteiger partial charge < -0.3 is 24.8 Å². The molecule has 0 saturated carbocycles.